The average Bonchev–Trinajstić information content (AvgIpc) is 3.27. The number of nitrogens with zero attached hydrogens (tertiary/aromatic N) is 1. The zero-order valence-electron chi connectivity index (χ0n) is 17.0. The van der Waals surface area contributed by atoms with Crippen molar-refractivity contribution < 1.29 is 13.9 Å². The zero-order chi connectivity index (χ0) is 20.5. The van der Waals surface area contributed by atoms with Crippen LogP contribution in [0.1, 0.15) is 24.0 Å². The summed E-state index contributed by atoms with van der Waals surface area (Å²) in [5, 5.41) is 9.33. The number of hydrogen-bond donors (Lipinski definition) is 3. The van der Waals surface area contributed by atoms with Gasteiger partial charge in [-0.3, -0.25) is 9.79 Å². The molecule has 1 unspecified atom stereocenters. The summed E-state index contributed by atoms with van der Waals surface area (Å²) in [7, 11) is 1.69. The van der Waals surface area contributed by atoms with Gasteiger partial charge in [-0.2, -0.15) is 0 Å². The first-order valence-electron chi connectivity index (χ1n) is 9.85. The predicted molar refractivity (Wildman–Crippen MR) is 128 cm³/mol. The summed E-state index contributed by atoms with van der Waals surface area (Å²) in [4.78, 5) is 16.4. The molecule has 2 aromatic carbocycles. The SMILES string of the molecule is CN=C(NCCc1ccccc1F)NCc1cccc(NC(=O)C2CCCO2)c1.I. The van der Waals surface area contributed by atoms with Crippen LogP contribution in [0.4, 0.5) is 10.1 Å². The third-order valence-corrected chi connectivity index (χ3v) is 4.74. The first-order chi connectivity index (χ1) is 14.2. The van der Waals surface area contributed by atoms with Gasteiger partial charge in [0.1, 0.15) is 11.9 Å². The molecule has 3 N–H and O–H groups in total. The molecule has 1 amide bonds. The highest BCUT2D eigenvalue weighted by Crippen LogP contribution is 2.16. The van der Waals surface area contributed by atoms with E-state index in [4.69, 9.17) is 4.74 Å². The van der Waals surface area contributed by atoms with E-state index in [2.05, 4.69) is 20.9 Å². The van der Waals surface area contributed by atoms with Gasteiger partial charge in [0, 0.05) is 32.4 Å². The van der Waals surface area contributed by atoms with Gasteiger partial charge in [0.05, 0.1) is 0 Å². The monoisotopic (exact) mass is 526 g/mol. The van der Waals surface area contributed by atoms with Crippen LogP contribution < -0.4 is 16.0 Å². The molecule has 6 nitrogen and oxygen atoms in total. The summed E-state index contributed by atoms with van der Waals surface area (Å²) in [6.07, 6.45) is 1.90. The second-order valence-corrected chi connectivity index (χ2v) is 6.89. The minimum Gasteiger partial charge on any atom is -0.368 e. The van der Waals surface area contributed by atoms with Crippen LogP contribution in [0.3, 0.4) is 0 Å². The van der Waals surface area contributed by atoms with Crippen LogP contribution in [0.15, 0.2) is 53.5 Å². The van der Waals surface area contributed by atoms with Gasteiger partial charge in [-0.05, 0) is 48.6 Å². The van der Waals surface area contributed by atoms with Crippen LogP contribution in [-0.4, -0.2) is 38.2 Å². The van der Waals surface area contributed by atoms with E-state index in [1.54, 1.807) is 19.2 Å². The second kappa shape index (κ2) is 12.5. The van der Waals surface area contributed by atoms with E-state index in [0.717, 1.165) is 24.1 Å². The standard InChI is InChI=1S/C22H27FN4O2.HI/c1-24-22(25-12-11-17-7-2-3-9-19(17)23)26-15-16-6-4-8-18(14-16)27-21(28)20-10-5-13-29-20;/h2-4,6-9,14,20H,5,10-13,15H2,1H3,(H,27,28)(H2,24,25,26);1H. The maximum atomic E-state index is 13.7. The van der Waals surface area contributed by atoms with Gasteiger partial charge in [0.15, 0.2) is 5.96 Å². The van der Waals surface area contributed by atoms with Crippen molar-refractivity contribution in [2.45, 2.75) is 31.9 Å². The van der Waals surface area contributed by atoms with Crippen LogP contribution in [0.2, 0.25) is 0 Å². The molecule has 0 spiro atoms. The van der Waals surface area contributed by atoms with Gasteiger partial charge in [-0.15, -0.1) is 24.0 Å². The first kappa shape index (κ1) is 24.1. The molecule has 1 aliphatic heterocycles. The van der Waals surface area contributed by atoms with Crippen molar-refractivity contribution >= 4 is 41.5 Å². The molecular formula is C22H28FIN4O2. The maximum Gasteiger partial charge on any atom is 0.253 e. The van der Waals surface area contributed by atoms with Crippen molar-refractivity contribution in [2.24, 2.45) is 4.99 Å². The molecule has 8 heteroatoms. The van der Waals surface area contributed by atoms with E-state index in [9.17, 15) is 9.18 Å². The lowest BCUT2D eigenvalue weighted by Crippen LogP contribution is -2.37. The van der Waals surface area contributed by atoms with E-state index >= 15 is 0 Å². The fourth-order valence-electron chi connectivity index (χ4n) is 3.19. The molecule has 2 aromatic rings. The van der Waals surface area contributed by atoms with Gasteiger partial charge >= 0.3 is 0 Å². The lowest BCUT2D eigenvalue weighted by atomic mass is 10.1. The molecule has 1 aliphatic rings. The summed E-state index contributed by atoms with van der Waals surface area (Å²) < 4.78 is 19.1. The summed E-state index contributed by atoms with van der Waals surface area (Å²) >= 11 is 0. The molecule has 1 fully saturated rings. The highest BCUT2D eigenvalue weighted by Gasteiger charge is 2.23. The minimum absolute atomic E-state index is 0. The van der Waals surface area contributed by atoms with E-state index < -0.39 is 0 Å². The van der Waals surface area contributed by atoms with E-state index in [1.165, 1.54) is 6.07 Å². The number of anilines is 1. The zero-order valence-corrected chi connectivity index (χ0v) is 19.3. The fraction of sp³-hybridized carbons (Fsp3) is 0.364. The molecule has 0 bridgehead atoms. The van der Waals surface area contributed by atoms with Crippen molar-refractivity contribution in [1.29, 1.82) is 0 Å². The predicted octanol–water partition coefficient (Wildman–Crippen LogP) is 3.47. The van der Waals surface area contributed by atoms with Crippen molar-refractivity contribution in [3.63, 3.8) is 0 Å². The second-order valence-electron chi connectivity index (χ2n) is 6.89. The smallest absolute Gasteiger partial charge is 0.253 e. The Labute approximate surface area is 193 Å². The highest BCUT2D eigenvalue weighted by molar-refractivity contribution is 14.0. The molecule has 0 radical (unpaired) electrons. The van der Waals surface area contributed by atoms with Crippen molar-refractivity contribution in [3.8, 4) is 0 Å². The number of ether oxygens (including phenoxy) is 1. The summed E-state index contributed by atoms with van der Waals surface area (Å²) in [5.74, 6) is 0.340. The Balaban J connectivity index is 0.00000320. The maximum absolute atomic E-state index is 13.7. The van der Waals surface area contributed by atoms with Gasteiger partial charge < -0.3 is 20.7 Å². The summed E-state index contributed by atoms with van der Waals surface area (Å²) in [6, 6.07) is 14.4. The third-order valence-electron chi connectivity index (χ3n) is 4.74. The Hall–Kier alpha value is -2.20. The van der Waals surface area contributed by atoms with Crippen LogP contribution in [0.5, 0.6) is 0 Å². The molecule has 30 heavy (non-hydrogen) atoms. The number of guanidine groups is 1. The van der Waals surface area contributed by atoms with Crippen LogP contribution in [0.25, 0.3) is 0 Å². The molecule has 0 saturated carbocycles. The number of carbonyl (C=O) groups is 1. The quantitative estimate of drug-likeness (QED) is 0.294. The molecule has 1 saturated heterocycles. The Kier molecular flexibility index (Phi) is 10.0. The Bertz CT molecular complexity index is 857. The third kappa shape index (κ3) is 7.24. The number of amides is 1. The van der Waals surface area contributed by atoms with Gasteiger partial charge in [0.2, 0.25) is 0 Å². The lowest BCUT2D eigenvalue weighted by molar-refractivity contribution is -0.124. The summed E-state index contributed by atoms with van der Waals surface area (Å²) in [5.41, 5.74) is 2.42. The number of carbonyl (C=O) groups excluding carboxylic acids is 1. The Morgan fingerprint density at radius 1 is 1.20 bits per heavy atom. The van der Waals surface area contributed by atoms with Crippen LogP contribution >= 0.6 is 24.0 Å². The molecule has 0 aliphatic carbocycles. The molecule has 1 atom stereocenters. The van der Waals surface area contributed by atoms with Crippen molar-refractivity contribution in [3.05, 3.63) is 65.5 Å². The van der Waals surface area contributed by atoms with E-state index in [-0.39, 0.29) is 41.8 Å². The normalized spacial score (nSPS) is 15.9. The van der Waals surface area contributed by atoms with Gasteiger partial charge in [0.25, 0.3) is 5.91 Å². The number of benzene rings is 2. The lowest BCUT2D eigenvalue weighted by Gasteiger charge is -2.14. The first-order valence-corrected chi connectivity index (χ1v) is 9.85. The number of aliphatic imine (C=N–C) groups is 1. The minimum atomic E-state index is -0.353. The average molecular weight is 526 g/mol. The number of rotatable bonds is 7. The number of nitrogens with one attached hydrogen (secondary N) is 3. The molecule has 1 heterocycles. The summed E-state index contributed by atoms with van der Waals surface area (Å²) in [6.45, 7) is 1.76. The Morgan fingerprint density at radius 3 is 2.77 bits per heavy atom. The Morgan fingerprint density at radius 2 is 2.03 bits per heavy atom. The fourth-order valence-corrected chi connectivity index (χ4v) is 3.19. The van der Waals surface area contributed by atoms with Crippen molar-refractivity contribution in [1.82, 2.24) is 10.6 Å². The molecule has 162 valence electrons. The number of halogens is 2. The van der Waals surface area contributed by atoms with Crippen LogP contribution in [-0.2, 0) is 22.5 Å². The topological polar surface area (TPSA) is 74.8 Å². The van der Waals surface area contributed by atoms with E-state index in [0.29, 0.717) is 37.6 Å². The van der Waals surface area contributed by atoms with E-state index in [1.807, 2.05) is 30.3 Å². The molecule has 0 aromatic heterocycles. The van der Waals surface area contributed by atoms with Gasteiger partial charge in [-0.25, -0.2) is 4.39 Å². The molecular weight excluding hydrogens is 498 g/mol. The van der Waals surface area contributed by atoms with Crippen molar-refractivity contribution in [2.75, 3.05) is 25.5 Å². The largest absolute Gasteiger partial charge is 0.368 e. The highest BCUT2D eigenvalue weighted by atomic mass is 127. The number of hydrogen-bond acceptors (Lipinski definition) is 3. The van der Waals surface area contributed by atoms with Crippen LogP contribution in [0, 0.1) is 5.82 Å². The van der Waals surface area contributed by atoms with Gasteiger partial charge in [-0.1, -0.05) is 30.3 Å². The molecule has 3 rings (SSSR count).